The molecule has 3 nitrogen and oxygen atoms in total. The van der Waals surface area contributed by atoms with E-state index in [0.29, 0.717) is 0 Å². The lowest BCUT2D eigenvalue weighted by Gasteiger charge is -2.26. The van der Waals surface area contributed by atoms with E-state index in [0.717, 1.165) is 22.7 Å². The van der Waals surface area contributed by atoms with E-state index in [1.54, 1.807) is 0 Å². The summed E-state index contributed by atoms with van der Waals surface area (Å²) in [7, 11) is 0. The summed E-state index contributed by atoms with van der Waals surface area (Å²) in [6.45, 7) is 0. The quantitative estimate of drug-likeness (QED) is 0.181. The first kappa shape index (κ1) is 28.0. The van der Waals surface area contributed by atoms with Crippen LogP contribution in [0.15, 0.2) is 188 Å². The number of hydrogen-bond donors (Lipinski definition) is 0. The number of fused-ring (bicyclic) bond motifs is 6. The highest BCUT2D eigenvalue weighted by Gasteiger charge is 2.23. The molecule has 3 heterocycles. The van der Waals surface area contributed by atoms with E-state index in [1.807, 2.05) is 0 Å². The maximum absolute atomic E-state index is 2.50. The average Bonchev–Trinajstić information content (AvgIpc) is 3.68. The highest BCUT2D eigenvalue weighted by Crippen LogP contribution is 2.46. The Labute approximate surface area is 294 Å². The third-order valence-corrected chi connectivity index (χ3v) is 10.6. The molecule has 8 aromatic carbocycles. The first-order chi connectivity index (χ1) is 25.3. The van der Waals surface area contributed by atoms with Gasteiger partial charge < -0.3 is 13.9 Å². The fraction of sp³-hybridized carbons (Fsp3) is 0. The van der Waals surface area contributed by atoms with Gasteiger partial charge >= 0.3 is 0 Å². The van der Waals surface area contributed by atoms with Crippen LogP contribution in [0.2, 0.25) is 0 Å². The molecule has 0 amide bonds. The molecule has 0 aliphatic rings. The molecular formula is C48H31N3. The number of aromatic nitrogens is 2. The van der Waals surface area contributed by atoms with E-state index in [9.17, 15) is 0 Å². The highest BCUT2D eigenvalue weighted by molar-refractivity contribution is 6.33. The highest BCUT2D eigenvalue weighted by atomic mass is 15.1. The van der Waals surface area contributed by atoms with E-state index in [1.165, 1.54) is 71.0 Å². The Hall–Kier alpha value is -6.84. The summed E-state index contributed by atoms with van der Waals surface area (Å²) in [5, 5.41) is 7.69. The topological polar surface area (TPSA) is 12.6 Å². The molecule has 3 aromatic heterocycles. The Balaban J connectivity index is 1.18. The summed E-state index contributed by atoms with van der Waals surface area (Å²) in [4.78, 5) is 2.35. The Bertz CT molecular complexity index is 3060. The molecule has 11 rings (SSSR count). The van der Waals surface area contributed by atoms with Crippen molar-refractivity contribution in [2.24, 2.45) is 0 Å². The van der Waals surface area contributed by atoms with Gasteiger partial charge in [-0.25, -0.2) is 0 Å². The summed E-state index contributed by atoms with van der Waals surface area (Å²) in [6, 6.07) is 68.3. The van der Waals surface area contributed by atoms with Crippen molar-refractivity contribution < 1.29 is 0 Å². The number of nitrogens with zero attached hydrogens (tertiary/aromatic N) is 3. The number of rotatable bonds is 5. The van der Waals surface area contributed by atoms with Gasteiger partial charge in [0.25, 0.3) is 0 Å². The fourth-order valence-electron chi connectivity index (χ4n) is 8.48. The monoisotopic (exact) mass is 649 g/mol. The van der Waals surface area contributed by atoms with Crippen LogP contribution in [-0.2, 0) is 0 Å². The van der Waals surface area contributed by atoms with Crippen molar-refractivity contribution in [2.75, 3.05) is 4.90 Å². The normalized spacial score (nSPS) is 11.9. The molecule has 0 fully saturated rings. The van der Waals surface area contributed by atoms with Gasteiger partial charge in [-0.1, -0.05) is 121 Å². The Kier molecular flexibility index (Phi) is 5.96. The molecule has 0 bridgehead atoms. The summed E-state index contributed by atoms with van der Waals surface area (Å²) >= 11 is 0. The minimum atomic E-state index is 1.10. The van der Waals surface area contributed by atoms with E-state index in [2.05, 4.69) is 202 Å². The van der Waals surface area contributed by atoms with Gasteiger partial charge in [0, 0.05) is 49.7 Å². The average molecular weight is 650 g/mol. The molecule has 0 atom stereocenters. The molecule has 0 saturated heterocycles. The number of anilines is 3. The van der Waals surface area contributed by atoms with Gasteiger partial charge in [-0.15, -0.1) is 0 Å². The summed E-state index contributed by atoms with van der Waals surface area (Å²) in [6.07, 6.45) is 0. The minimum Gasteiger partial charge on any atom is -0.310 e. The van der Waals surface area contributed by atoms with Crippen molar-refractivity contribution >= 4 is 77.0 Å². The van der Waals surface area contributed by atoms with E-state index < -0.39 is 0 Å². The smallest absolute Gasteiger partial charge is 0.0641 e. The third-order valence-electron chi connectivity index (χ3n) is 10.6. The molecular weight excluding hydrogens is 619 g/mol. The first-order valence-corrected chi connectivity index (χ1v) is 17.5. The maximum atomic E-state index is 2.50. The summed E-state index contributed by atoms with van der Waals surface area (Å²) < 4.78 is 4.97. The SMILES string of the molecule is c1ccc(-c2ccc(N(c3ccccc3)c3cccc(-n4c5cccc6c7ccccc7n7c8ccccc8c8ccc4c(c65)c87)c3)cc2)cc1. The van der Waals surface area contributed by atoms with Crippen LogP contribution in [-0.4, -0.2) is 8.97 Å². The zero-order valence-corrected chi connectivity index (χ0v) is 27.7. The summed E-state index contributed by atoms with van der Waals surface area (Å²) in [5.74, 6) is 0. The van der Waals surface area contributed by atoms with Gasteiger partial charge in [0.2, 0.25) is 0 Å². The maximum Gasteiger partial charge on any atom is 0.0641 e. The van der Waals surface area contributed by atoms with Crippen molar-refractivity contribution in [2.45, 2.75) is 0 Å². The summed E-state index contributed by atoms with van der Waals surface area (Å²) in [5.41, 5.74) is 13.0. The lowest BCUT2D eigenvalue weighted by molar-refractivity contribution is 1.17. The van der Waals surface area contributed by atoms with Crippen LogP contribution < -0.4 is 4.90 Å². The molecule has 0 spiro atoms. The molecule has 51 heavy (non-hydrogen) atoms. The van der Waals surface area contributed by atoms with Gasteiger partial charge in [-0.2, -0.15) is 0 Å². The predicted octanol–water partition coefficient (Wildman–Crippen LogP) is 13.1. The molecule has 0 unspecified atom stereocenters. The minimum absolute atomic E-state index is 1.10. The van der Waals surface area contributed by atoms with Crippen LogP contribution in [0.5, 0.6) is 0 Å². The Morgan fingerprint density at radius 3 is 1.65 bits per heavy atom. The van der Waals surface area contributed by atoms with E-state index in [-0.39, 0.29) is 0 Å². The predicted molar refractivity (Wildman–Crippen MR) is 216 cm³/mol. The molecule has 0 aliphatic carbocycles. The van der Waals surface area contributed by atoms with Crippen molar-refractivity contribution in [1.82, 2.24) is 8.97 Å². The van der Waals surface area contributed by atoms with Gasteiger partial charge in [-0.05, 0) is 83.2 Å². The van der Waals surface area contributed by atoms with E-state index >= 15 is 0 Å². The van der Waals surface area contributed by atoms with Crippen molar-refractivity contribution in [3.8, 4) is 16.8 Å². The molecule has 0 radical (unpaired) electrons. The van der Waals surface area contributed by atoms with Crippen LogP contribution >= 0.6 is 0 Å². The molecule has 238 valence electrons. The second kappa shape index (κ2) is 10.8. The lowest BCUT2D eigenvalue weighted by Crippen LogP contribution is -2.10. The fourth-order valence-corrected chi connectivity index (χ4v) is 8.48. The van der Waals surface area contributed by atoms with Gasteiger partial charge in [-0.3, -0.25) is 0 Å². The van der Waals surface area contributed by atoms with Crippen molar-refractivity contribution in [3.63, 3.8) is 0 Å². The van der Waals surface area contributed by atoms with Crippen LogP contribution in [0, 0.1) is 0 Å². The van der Waals surface area contributed by atoms with Gasteiger partial charge in [0.05, 0.1) is 27.6 Å². The zero-order valence-electron chi connectivity index (χ0n) is 27.7. The number of benzene rings is 8. The van der Waals surface area contributed by atoms with Crippen molar-refractivity contribution in [1.29, 1.82) is 0 Å². The Morgan fingerprint density at radius 1 is 0.333 bits per heavy atom. The Morgan fingerprint density at radius 2 is 0.882 bits per heavy atom. The molecule has 11 aromatic rings. The molecule has 0 aliphatic heterocycles. The second-order valence-electron chi connectivity index (χ2n) is 13.4. The lowest BCUT2D eigenvalue weighted by atomic mass is 10.0. The van der Waals surface area contributed by atoms with Gasteiger partial charge in [0.15, 0.2) is 0 Å². The van der Waals surface area contributed by atoms with Crippen LogP contribution in [0.1, 0.15) is 0 Å². The second-order valence-corrected chi connectivity index (χ2v) is 13.4. The third kappa shape index (κ3) is 4.06. The van der Waals surface area contributed by atoms with Crippen LogP contribution in [0.25, 0.3) is 76.7 Å². The van der Waals surface area contributed by atoms with Gasteiger partial charge in [0.1, 0.15) is 0 Å². The standard InChI is InChI=1S/C48H31N3/c1-3-13-32(14-4-1)33-25-27-35(28-26-33)49(34-15-5-2-6-16-34)36-17-11-18-37(31-36)50-44-24-12-21-40-38-19-7-9-22-42(38)51-43-23-10-8-20-39(43)41-29-30-45(50)47(46(40)44)48(41)51/h1-31H. The molecule has 0 N–H and O–H groups in total. The number of hydrogen-bond acceptors (Lipinski definition) is 1. The van der Waals surface area contributed by atoms with Crippen LogP contribution in [0.3, 0.4) is 0 Å². The number of para-hydroxylation sites is 3. The molecule has 3 heteroatoms. The largest absolute Gasteiger partial charge is 0.310 e. The van der Waals surface area contributed by atoms with Crippen LogP contribution in [0.4, 0.5) is 17.1 Å². The van der Waals surface area contributed by atoms with Crippen molar-refractivity contribution in [3.05, 3.63) is 188 Å². The first-order valence-electron chi connectivity index (χ1n) is 17.5. The molecule has 0 saturated carbocycles. The zero-order chi connectivity index (χ0) is 33.5. The van der Waals surface area contributed by atoms with E-state index in [4.69, 9.17) is 0 Å².